The van der Waals surface area contributed by atoms with Crippen LogP contribution in [0.15, 0.2) is 12.3 Å². The molecule has 1 atom stereocenters. The number of hydrogen-bond acceptors (Lipinski definition) is 3. The van der Waals surface area contributed by atoms with Crippen LogP contribution in [0.5, 0.6) is 0 Å². The summed E-state index contributed by atoms with van der Waals surface area (Å²) >= 11 is 5.69. The van der Waals surface area contributed by atoms with Gasteiger partial charge in [-0.3, -0.25) is 0 Å². The topological polar surface area (TPSA) is 45.1 Å². The van der Waals surface area contributed by atoms with Gasteiger partial charge in [0.1, 0.15) is 5.82 Å². The van der Waals surface area contributed by atoms with E-state index >= 15 is 0 Å². The summed E-state index contributed by atoms with van der Waals surface area (Å²) in [5.74, 6) is 0.162. The van der Waals surface area contributed by atoms with Crippen LogP contribution in [0, 0.1) is 5.92 Å². The fourth-order valence-corrected chi connectivity index (χ4v) is 1.39. The van der Waals surface area contributed by atoms with Crippen molar-refractivity contribution in [2.24, 2.45) is 5.92 Å². The summed E-state index contributed by atoms with van der Waals surface area (Å²) in [5.41, 5.74) is -0.901. The lowest BCUT2D eigenvalue weighted by Gasteiger charge is -2.16. The predicted molar refractivity (Wildman–Crippen MR) is 63.6 cm³/mol. The van der Waals surface area contributed by atoms with E-state index in [0.29, 0.717) is 6.20 Å². The number of hydrogen-bond donors (Lipinski definition) is 2. The molecule has 0 bridgehead atoms. The Hall–Kier alpha value is -1.01. The highest BCUT2D eigenvalue weighted by atomic mass is 35.5. The Morgan fingerprint density at radius 3 is 2.50 bits per heavy atom. The average Bonchev–Trinajstić information content (AvgIpc) is 2.25. The van der Waals surface area contributed by atoms with Crippen LogP contribution >= 0.6 is 11.6 Å². The quantitative estimate of drug-likeness (QED) is 0.891. The van der Waals surface area contributed by atoms with Gasteiger partial charge in [0, 0.05) is 12.7 Å². The number of anilines is 1. The van der Waals surface area contributed by atoms with E-state index in [2.05, 4.69) is 10.3 Å². The summed E-state index contributed by atoms with van der Waals surface area (Å²) in [4.78, 5) is 3.60. The van der Waals surface area contributed by atoms with Crippen LogP contribution in [0.25, 0.3) is 0 Å². The number of rotatable bonds is 4. The second kappa shape index (κ2) is 5.75. The van der Waals surface area contributed by atoms with Crippen LogP contribution in [0.2, 0.25) is 5.02 Å². The van der Waals surface area contributed by atoms with Crippen LogP contribution in [0.1, 0.15) is 19.4 Å². The zero-order valence-electron chi connectivity index (χ0n) is 9.92. The smallest absolute Gasteiger partial charge is 0.391 e. The van der Waals surface area contributed by atoms with Gasteiger partial charge in [-0.15, -0.1) is 0 Å². The minimum atomic E-state index is -4.47. The minimum Gasteiger partial charge on any atom is -0.391 e. The highest BCUT2D eigenvalue weighted by molar-refractivity contribution is 6.32. The van der Waals surface area contributed by atoms with E-state index in [1.165, 1.54) is 0 Å². The fraction of sp³-hybridized carbons (Fsp3) is 0.545. The van der Waals surface area contributed by atoms with Gasteiger partial charge in [0.15, 0.2) is 0 Å². The van der Waals surface area contributed by atoms with Crippen molar-refractivity contribution in [2.45, 2.75) is 26.1 Å². The van der Waals surface area contributed by atoms with Gasteiger partial charge < -0.3 is 10.4 Å². The maximum absolute atomic E-state index is 12.4. The van der Waals surface area contributed by atoms with Gasteiger partial charge in [-0.2, -0.15) is 13.2 Å². The number of nitrogens with zero attached hydrogens (tertiary/aromatic N) is 1. The largest absolute Gasteiger partial charge is 0.417 e. The molecule has 2 N–H and O–H groups in total. The normalized spacial score (nSPS) is 13.8. The van der Waals surface area contributed by atoms with Crippen molar-refractivity contribution in [3.05, 3.63) is 22.8 Å². The Balaban J connectivity index is 2.75. The van der Waals surface area contributed by atoms with Crippen molar-refractivity contribution in [1.82, 2.24) is 4.98 Å². The molecular formula is C11H14ClF3N2O. The first-order valence-corrected chi connectivity index (χ1v) is 5.74. The lowest BCUT2D eigenvalue weighted by molar-refractivity contribution is -0.137. The lowest BCUT2D eigenvalue weighted by atomic mass is 10.1. The Bertz CT molecular complexity index is 410. The molecule has 1 aromatic rings. The van der Waals surface area contributed by atoms with Crippen LogP contribution in [-0.2, 0) is 6.18 Å². The third kappa shape index (κ3) is 4.03. The second-order valence-corrected chi connectivity index (χ2v) is 4.65. The Morgan fingerprint density at radius 1 is 1.44 bits per heavy atom. The monoisotopic (exact) mass is 282 g/mol. The molecule has 0 amide bonds. The lowest BCUT2D eigenvalue weighted by Crippen LogP contribution is -2.25. The van der Waals surface area contributed by atoms with Gasteiger partial charge in [-0.05, 0) is 12.0 Å². The molecule has 102 valence electrons. The third-order valence-corrected chi connectivity index (χ3v) is 2.70. The van der Waals surface area contributed by atoms with Gasteiger partial charge in [0.2, 0.25) is 0 Å². The number of pyridine rings is 1. The summed E-state index contributed by atoms with van der Waals surface area (Å²) in [6.45, 7) is 3.83. The van der Waals surface area contributed by atoms with Gasteiger partial charge in [0.05, 0.1) is 16.7 Å². The van der Waals surface area contributed by atoms with E-state index in [0.717, 1.165) is 6.07 Å². The summed E-state index contributed by atoms with van der Waals surface area (Å²) in [6.07, 6.45) is -4.38. The molecule has 0 fully saturated rings. The zero-order chi connectivity index (χ0) is 13.9. The number of aliphatic hydroxyl groups excluding tert-OH is 1. The molecule has 1 unspecified atom stereocenters. The van der Waals surface area contributed by atoms with Gasteiger partial charge >= 0.3 is 6.18 Å². The number of alkyl halides is 3. The summed E-state index contributed by atoms with van der Waals surface area (Å²) in [6, 6.07) is 0.804. The number of aliphatic hydroxyl groups is 1. The highest BCUT2D eigenvalue weighted by Crippen LogP contribution is 2.32. The van der Waals surface area contributed by atoms with E-state index in [9.17, 15) is 18.3 Å². The molecule has 1 rings (SSSR count). The van der Waals surface area contributed by atoms with E-state index < -0.39 is 17.8 Å². The molecule has 0 radical (unpaired) electrons. The molecule has 3 nitrogen and oxygen atoms in total. The van der Waals surface area contributed by atoms with Crippen molar-refractivity contribution >= 4 is 17.4 Å². The molecule has 1 heterocycles. The standard InChI is InChI=1S/C11H14ClF3N2O/c1-6(2)9(18)5-17-10-8(12)3-7(4-16-10)11(13,14)15/h3-4,6,9,18H,5H2,1-2H3,(H,16,17). The summed E-state index contributed by atoms with van der Waals surface area (Å²) < 4.78 is 37.1. The van der Waals surface area contributed by atoms with Crippen LogP contribution in [0.3, 0.4) is 0 Å². The molecule has 1 aromatic heterocycles. The average molecular weight is 283 g/mol. The van der Waals surface area contributed by atoms with E-state index in [1.807, 2.05) is 13.8 Å². The molecule has 0 saturated heterocycles. The zero-order valence-corrected chi connectivity index (χ0v) is 10.7. The minimum absolute atomic E-state index is 0.0331. The molecule has 0 aliphatic rings. The van der Waals surface area contributed by atoms with Gasteiger partial charge in [-0.25, -0.2) is 4.98 Å². The SMILES string of the molecule is CC(C)C(O)CNc1ncc(C(F)(F)F)cc1Cl. The molecular weight excluding hydrogens is 269 g/mol. The number of nitrogens with one attached hydrogen (secondary N) is 1. The molecule has 0 aliphatic heterocycles. The first-order valence-electron chi connectivity index (χ1n) is 5.36. The maximum atomic E-state index is 12.4. The Kier molecular flexibility index (Phi) is 4.81. The molecule has 18 heavy (non-hydrogen) atoms. The number of aromatic nitrogens is 1. The molecule has 0 aliphatic carbocycles. The van der Waals surface area contributed by atoms with Crippen molar-refractivity contribution in [3.63, 3.8) is 0 Å². The first kappa shape index (κ1) is 15.0. The van der Waals surface area contributed by atoms with Gasteiger partial charge in [-0.1, -0.05) is 25.4 Å². The highest BCUT2D eigenvalue weighted by Gasteiger charge is 2.31. The van der Waals surface area contributed by atoms with Crippen LogP contribution < -0.4 is 5.32 Å². The van der Waals surface area contributed by atoms with E-state index in [4.69, 9.17) is 11.6 Å². The third-order valence-electron chi connectivity index (χ3n) is 2.42. The summed E-state index contributed by atoms with van der Waals surface area (Å²) in [5, 5.41) is 12.1. The molecule has 0 aromatic carbocycles. The van der Waals surface area contributed by atoms with Crippen molar-refractivity contribution in [3.8, 4) is 0 Å². The molecule has 7 heteroatoms. The Morgan fingerprint density at radius 2 is 2.06 bits per heavy atom. The second-order valence-electron chi connectivity index (χ2n) is 4.24. The predicted octanol–water partition coefficient (Wildman–Crippen LogP) is 3.18. The van der Waals surface area contributed by atoms with E-state index in [-0.39, 0.29) is 23.3 Å². The molecule has 0 saturated carbocycles. The molecule has 0 spiro atoms. The first-order chi connectivity index (χ1) is 8.21. The van der Waals surface area contributed by atoms with Crippen molar-refractivity contribution in [2.75, 3.05) is 11.9 Å². The summed E-state index contributed by atoms with van der Waals surface area (Å²) in [7, 11) is 0. The Labute approximate surface area is 108 Å². The number of halogens is 4. The van der Waals surface area contributed by atoms with Crippen LogP contribution in [-0.4, -0.2) is 22.7 Å². The van der Waals surface area contributed by atoms with E-state index in [1.54, 1.807) is 0 Å². The van der Waals surface area contributed by atoms with Crippen molar-refractivity contribution in [1.29, 1.82) is 0 Å². The van der Waals surface area contributed by atoms with Crippen LogP contribution in [0.4, 0.5) is 19.0 Å². The van der Waals surface area contributed by atoms with Crippen molar-refractivity contribution < 1.29 is 18.3 Å². The van der Waals surface area contributed by atoms with Gasteiger partial charge in [0.25, 0.3) is 0 Å². The fourth-order valence-electron chi connectivity index (χ4n) is 1.16. The maximum Gasteiger partial charge on any atom is 0.417 e.